The molecule has 0 amide bonds. The molecule has 114 valence electrons. The van der Waals surface area contributed by atoms with E-state index in [0.29, 0.717) is 11.5 Å². The van der Waals surface area contributed by atoms with Crippen LogP contribution in [0.1, 0.15) is 46.5 Å². The fourth-order valence-electron chi connectivity index (χ4n) is 1.93. The first-order valence-corrected chi connectivity index (χ1v) is 7.20. The number of halogens is 1. The Morgan fingerprint density at radius 3 is 2.53 bits per heavy atom. The van der Waals surface area contributed by atoms with Crippen molar-refractivity contribution < 1.29 is 4.74 Å². The number of ether oxygens (including phenoxy) is 1. The Bertz CT molecular complexity index is 267. The molecule has 0 aromatic rings. The lowest BCUT2D eigenvalue weighted by Gasteiger charge is -2.20. The molecule has 0 spiro atoms. The number of nitrogens with one attached hydrogen (secondary N) is 2. The monoisotopic (exact) mass is 383 g/mol. The van der Waals surface area contributed by atoms with Crippen molar-refractivity contribution in [3.8, 4) is 0 Å². The molecule has 2 N–H and O–H groups in total. The second-order valence-electron chi connectivity index (χ2n) is 5.33. The molecule has 0 aromatic carbocycles. The minimum atomic E-state index is 0. The van der Waals surface area contributed by atoms with E-state index >= 15 is 0 Å². The van der Waals surface area contributed by atoms with Gasteiger partial charge in [-0.2, -0.15) is 0 Å². The van der Waals surface area contributed by atoms with Gasteiger partial charge in [-0.15, -0.1) is 24.0 Å². The molecule has 1 aliphatic rings. The maximum Gasteiger partial charge on any atom is 0.191 e. The highest BCUT2D eigenvalue weighted by atomic mass is 127. The van der Waals surface area contributed by atoms with Crippen molar-refractivity contribution >= 4 is 29.9 Å². The Morgan fingerprint density at radius 2 is 2.05 bits per heavy atom. The molecule has 0 heterocycles. The van der Waals surface area contributed by atoms with Crippen molar-refractivity contribution in [2.45, 2.75) is 52.5 Å². The average molecular weight is 383 g/mol. The van der Waals surface area contributed by atoms with E-state index in [1.165, 1.54) is 12.8 Å². The van der Waals surface area contributed by atoms with Crippen LogP contribution in [-0.4, -0.2) is 38.8 Å². The van der Waals surface area contributed by atoms with Crippen molar-refractivity contribution in [1.29, 1.82) is 0 Å². The van der Waals surface area contributed by atoms with Gasteiger partial charge in [-0.3, -0.25) is 4.99 Å². The van der Waals surface area contributed by atoms with Gasteiger partial charge in [-0.05, 0) is 44.9 Å². The molecular weight excluding hydrogens is 353 g/mol. The predicted molar refractivity (Wildman–Crippen MR) is 92.4 cm³/mol. The third-order valence-electron chi connectivity index (χ3n) is 3.79. The minimum Gasteiger partial charge on any atom is -0.382 e. The third kappa shape index (κ3) is 7.34. The first kappa shape index (κ1) is 19.0. The lowest BCUT2D eigenvalue weighted by atomic mass is 10.0. The summed E-state index contributed by atoms with van der Waals surface area (Å²) in [6.07, 6.45) is 4.89. The number of rotatable bonds is 8. The molecule has 5 heteroatoms. The highest BCUT2D eigenvalue weighted by Gasteiger charge is 2.41. The van der Waals surface area contributed by atoms with E-state index in [1.807, 2.05) is 7.05 Å². The Labute approximate surface area is 135 Å². The summed E-state index contributed by atoms with van der Waals surface area (Å²) in [5.41, 5.74) is 0.461. The number of hydrogen-bond acceptors (Lipinski definition) is 2. The second-order valence-corrected chi connectivity index (χ2v) is 5.33. The Balaban J connectivity index is 0.00000324. The molecule has 0 aliphatic heterocycles. The van der Waals surface area contributed by atoms with Gasteiger partial charge in [-0.1, -0.05) is 6.92 Å². The Hall–Kier alpha value is -0.0400. The maximum absolute atomic E-state index is 5.45. The summed E-state index contributed by atoms with van der Waals surface area (Å²) in [6, 6.07) is 0.467. The van der Waals surface area contributed by atoms with Crippen LogP contribution in [0.2, 0.25) is 0 Å². The Morgan fingerprint density at radius 1 is 1.37 bits per heavy atom. The summed E-state index contributed by atoms with van der Waals surface area (Å²) in [4.78, 5) is 4.27. The average Bonchev–Trinajstić information content (AvgIpc) is 3.15. The number of guanidine groups is 1. The topological polar surface area (TPSA) is 45.6 Å². The van der Waals surface area contributed by atoms with E-state index < -0.39 is 0 Å². The molecule has 1 fully saturated rings. The highest BCUT2D eigenvalue weighted by Crippen LogP contribution is 2.48. The largest absolute Gasteiger partial charge is 0.382 e. The summed E-state index contributed by atoms with van der Waals surface area (Å²) >= 11 is 0. The molecule has 0 bridgehead atoms. The molecule has 1 rings (SSSR count). The van der Waals surface area contributed by atoms with Gasteiger partial charge in [0.15, 0.2) is 5.96 Å². The molecule has 1 aliphatic carbocycles. The molecule has 19 heavy (non-hydrogen) atoms. The van der Waals surface area contributed by atoms with Gasteiger partial charge >= 0.3 is 0 Å². The fourth-order valence-corrected chi connectivity index (χ4v) is 1.93. The van der Waals surface area contributed by atoms with E-state index in [2.05, 4.69) is 36.4 Å². The molecule has 0 saturated heterocycles. The van der Waals surface area contributed by atoms with Crippen molar-refractivity contribution in [1.82, 2.24) is 10.6 Å². The first-order valence-electron chi connectivity index (χ1n) is 7.20. The van der Waals surface area contributed by atoms with Crippen LogP contribution in [0.4, 0.5) is 0 Å². The SMILES string of the molecule is CCOCCC1(CNC(=NC)NC(C)CC)CC1.I. The molecule has 1 atom stereocenters. The molecule has 1 unspecified atom stereocenters. The molecule has 0 radical (unpaired) electrons. The van der Waals surface area contributed by atoms with E-state index in [4.69, 9.17) is 4.74 Å². The van der Waals surface area contributed by atoms with Gasteiger partial charge in [0.2, 0.25) is 0 Å². The van der Waals surface area contributed by atoms with Crippen molar-refractivity contribution in [3.05, 3.63) is 0 Å². The van der Waals surface area contributed by atoms with Crippen molar-refractivity contribution in [2.75, 3.05) is 26.8 Å². The molecular formula is C14H30IN3O. The quantitative estimate of drug-likeness (QED) is 0.293. The van der Waals surface area contributed by atoms with Crippen molar-refractivity contribution in [3.63, 3.8) is 0 Å². The zero-order chi connectivity index (χ0) is 13.4. The van der Waals surface area contributed by atoms with Crippen molar-refractivity contribution in [2.24, 2.45) is 10.4 Å². The van der Waals surface area contributed by atoms with E-state index in [0.717, 1.165) is 38.6 Å². The standard InChI is InChI=1S/C14H29N3O.HI/c1-5-12(3)17-13(15-4)16-11-14(7-8-14)9-10-18-6-2;/h12H,5-11H2,1-4H3,(H2,15,16,17);1H. The zero-order valence-corrected chi connectivity index (χ0v) is 15.1. The van der Waals surface area contributed by atoms with Crippen LogP contribution in [0.3, 0.4) is 0 Å². The summed E-state index contributed by atoms with van der Waals surface area (Å²) in [7, 11) is 1.83. The normalized spacial score (nSPS) is 18.4. The predicted octanol–water partition coefficient (Wildman–Crippen LogP) is 2.77. The zero-order valence-electron chi connectivity index (χ0n) is 12.8. The lowest BCUT2D eigenvalue weighted by molar-refractivity contribution is 0.128. The number of aliphatic imine (C=N–C) groups is 1. The van der Waals surface area contributed by atoms with Gasteiger partial charge < -0.3 is 15.4 Å². The van der Waals surface area contributed by atoms with Crippen LogP contribution in [0.15, 0.2) is 4.99 Å². The first-order chi connectivity index (χ1) is 8.65. The number of hydrogen-bond donors (Lipinski definition) is 2. The van der Waals surface area contributed by atoms with Gasteiger partial charge in [0.25, 0.3) is 0 Å². The van der Waals surface area contributed by atoms with Gasteiger partial charge in [0.05, 0.1) is 0 Å². The van der Waals surface area contributed by atoms with E-state index in [9.17, 15) is 0 Å². The smallest absolute Gasteiger partial charge is 0.191 e. The van der Waals surface area contributed by atoms with Gasteiger partial charge in [0, 0.05) is 32.8 Å². The van der Waals surface area contributed by atoms with E-state index in [1.54, 1.807) is 0 Å². The molecule has 4 nitrogen and oxygen atoms in total. The molecule has 0 aromatic heterocycles. The molecule has 1 saturated carbocycles. The maximum atomic E-state index is 5.45. The van der Waals surface area contributed by atoms with Crippen LogP contribution in [0, 0.1) is 5.41 Å². The van der Waals surface area contributed by atoms with Crippen LogP contribution < -0.4 is 10.6 Å². The van der Waals surface area contributed by atoms with Crippen LogP contribution >= 0.6 is 24.0 Å². The third-order valence-corrected chi connectivity index (χ3v) is 3.79. The summed E-state index contributed by atoms with van der Waals surface area (Å²) < 4.78 is 5.45. The van der Waals surface area contributed by atoms with Crippen LogP contribution in [0.25, 0.3) is 0 Å². The second kappa shape index (κ2) is 9.80. The lowest BCUT2D eigenvalue weighted by Crippen LogP contribution is -2.44. The fraction of sp³-hybridized carbons (Fsp3) is 0.929. The highest BCUT2D eigenvalue weighted by molar-refractivity contribution is 14.0. The summed E-state index contributed by atoms with van der Waals surface area (Å²) in [5.74, 6) is 0.923. The van der Waals surface area contributed by atoms with Crippen LogP contribution in [0.5, 0.6) is 0 Å². The van der Waals surface area contributed by atoms with E-state index in [-0.39, 0.29) is 24.0 Å². The summed E-state index contributed by atoms with van der Waals surface area (Å²) in [6.45, 7) is 9.12. The number of nitrogens with zero attached hydrogens (tertiary/aromatic N) is 1. The van der Waals surface area contributed by atoms with Gasteiger partial charge in [0.1, 0.15) is 0 Å². The van der Waals surface area contributed by atoms with Gasteiger partial charge in [-0.25, -0.2) is 0 Å². The summed E-state index contributed by atoms with van der Waals surface area (Å²) in [5, 5.41) is 6.84. The minimum absolute atomic E-state index is 0. The van der Waals surface area contributed by atoms with Crippen LogP contribution in [-0.2, 0) is 4.74 Å². The Kier molecular flexibility index (Phi) is 9.78.